The second kappa shape index (κ2) is 14.0. The van der Waals surface area contributed by atoms with Crippen LogP contribution in [-0.4, -0.2) is 54.9 Å². The Kier molecular flexibility index (Phi) is 9.94. The van der Waals surface area contributed by atoms with Crippen molar-refractivity contribution < 1.29 is 33.6 Å². The van der Waals surface area contributed by atoms with Crippen LogP contribution in [0.15, 0.2) is 70.6 Å². The van der Waals surface area contributed by atoms with E-state index >= 15 is 0 Å². The highest BCUT2D eigenvalue weighted by molar-refractivity contribution is 8.00. The van der Waals surface area contributed by atoms with Crippen molar-refractivity contribution in [1.82, 2.24) is 10.2 Å². The smallest absolute Gasteiger partial charge is 0.301 e. The molecule has 1 amide bonds. The molecule has 234 valence electrons. The number of Topliss-reactive ketones (excluding diaryl/α,β-unsaturated/α-hetero) is 1. The van der Waals surface area contributed by atoms with Gasteiger partial charge in [-0.2, -0.15) is 0 Å². The number of aliphatic hydroxyl groups is 1. The molecule has 1 N–H and O–H groups in total. The normalized spacial score (nSPS) is 15.8. The van der Waals surface area contributed by atoms with E-state index in [1.165, 1.54) is 54.9 Å². The van der Waals surface area contributed by atoms with Crippen molar-refractivity contribution in [3.8, 4) is 23.0 Å². The Bertz CT molecular complexity index is 1690. The summed E-state index contributed by atoms with van der Waals surface area (Å²) in [6.45, 7) is 4.58. The number of ketones is 1. The minimum Gasteiger partial charge on any atom is -0.507 e. The molecule has 4 aromatic rings. The highest BCUT2D eigenvalue weighted by atomic mass is 32.2. The first kappa shape index (κ1) is 31.9. The molecule has 3 aromatic carbocycles. The summed E-state index contributed by atoms with van der Waals surface area (Å²) in [5, 5.41) is 20.4. The van der Waals surface area contributed by atoms with Gasteiger partial charge in [-0.25, -0.2) is 0 Å². The lowest BCUT2D eigenvalue weighted by atomic mass is 9.94. The largest absolute Gasteiger partial charge is 0.507 e. The molecular weight excluding hydrogens is 615 g/mol. The van der Waals surface area contributed by atoms with E-state index in [1.807, 2.05) is 26.0 Å². The third kappa shape index (κ3) is 6.62. The number of benzene rings is 3. The van der Waals surface area contributed by atoms with E-state index in [1.54, 1.807) is 36.4 Å². The van der Waals surface area contributed by atoms with Gasteiger partial charge in [0.05, 0.1) is 39.6 Å². The summed E-state index contributed by atoms with van der Waals surface area (Å²) < 4.78 is 22.9. The molecule has 1 aliphatic heterocycles. The minimum absolute atomic E-state index is 0.111. The van der Waals surface area contributed by atoms with Crippen molar-refractivity contribution in [2.45, 2.75) is 36.4 Å². The average Bonchev–Trinajstić information content (AvgIpc) is 3.64. The molecule has 1 atom stereocenters. The zero-order valence-electron chi connectivity index (χ0n) is 25.5. The molecule has 0 spiro atoms. The molecule has 0 saturated carbocycles. The Labute approximate surface area is 269 Å². The van der Waals surface area contributed by atoms with Crippen molar-refractivity contribution >= 4 is 45.7 Å². The molecule has 0 radical (unpaired) electrons. The second-order valence-corrected chi connectivity index (χ2v) is 12.3. The Morgan fingerprint density at radius 1 is 0.956 bits per heavy atom. The fraction of sp³-hybridized carbons (Fsp3) is 0.273. The van der Waals surface area contributed by atoms with Gasteiger partial charge in [0.2, 0.25) is 10.9 Å². The maximum atomic E-state index is 13.7. The van der Waals surface area contributed by atoms with Crippen molar-refractivity contribution in [3.05, 3.63) is 88.5 Å². The second-order valence-electron chi connectivity index (χ2n) is 10.1. The third-order valence-corrected chi connectivity index (χ3v) is 9.26. The molecule has 1 aliphatic rings. The van der Waals surface area contributed by atoms with Gasteiger partial charge >= 0.3 is 5.91 Å². The number of hydrogen-bond donors (Lipinski definition) is 1. The molecule has 2 heterocycles. The molecule has 12 heteroatoms. The number of thioether (sulfide) groups is 1. The van der Waals surface area contributed by atoms with Gasteiger partial charge in [-0.1, -0.05) is 59.9 Å². The van der Waals surface area contributed by atoms with E-state index in [0.29, 0.717) is 50.8 Å². The van der Waals surface area contributed by atoms with E-state index in [0.717, 1.165) is 12.0 Å². The summed E-state index contributed by atoms with van der Waals surface area (Å²) in [6, 6.07) is 17.1. The van der Waals surface area contributed by atoms with Gasteiger partial charge in [-0.05, 0) is 60.9 Å². The lowest BCUT2D eigenvalue weighted by Crippen LogP contribution is -2.29. The molecule has 1 aromatic heterocycles. The maximum Gasteiger partial charge on any atom is 0.301 e. The number of nitrogens with zero attached hydrogens (tertiary/aromatic N) is 3. The summed E-state index contributed by atoms with van der Waals surface area (Å²) >= 11 is 2.67. The van der Waals surface area contributed by atoms with Crippen LogP contribution < -0.4 is 23.8 Å². The standard InChI is InChI=1S/C33H33N3O7S2/c1-6-15-43-23-13-11-21(12-14-23)28(37)26-27(22-16-24(40-3)30(42-5)25(17-22)41-4)36(31(39)29(26)38)32-34-35-33(45-32)44-18-20-9-7-19(2)8-10-20/h7-14,16-17,27,37H,6,15,18H2,1-5H3/b28-26-. The first-order valence-corrected chi connectivity index (χ1v) is 16.0. The monoisotopic (exact) mass is 647 g/mol. The van der Waals surface area contributed by atoms with E-state index in [4.69, 9.17) is 18.9 Å². The molecule has 1 fully saturated rings. The number of rotatable bonds is 12. The summed E-state index contributed by atoms with van der Waals surface area (Å²) in [4.78, 5) is 28.7. The Morgan fingerprint density at radius 3 is 2.22 bits per heavy atom. The third-order valence-electron chi connectivity index (χ3n) is 7.13. The van der Waals surface area contributed by atoms with Crippen LogP contribution in [0.5, 0.6) is 23.0 Å². The molecule has 1 unspecified atom stereocenters. The van der Waals surface area contributed by atoms with Crippen LogP contribution in [0, 0.1) is 6.92 Å². The van der Waals surface area contributed by atoms with E-state index < -0.39 is 17.7 Å². The number of aliphatic hydroxyl groups excluding tert-OH is 1. The molecule has 5 rings (SSSR count). The summed E-state index contributed by atoms with van der Waals surface area (Å²) in [5.74, 6) is 0.222. The quantitative estimate of drug-likeness (QED) is 0.0594. The molecule has 0 bridgehead atoms. The van der Waals surface area contributed by atoms with Crippen LogP contribution in [0.25, 0.3) is 5.76 Å². The molecule has 45 heavy (non-hydrogen) atoms. The van der Waals surface area contributed by atoms with Crippen molar-refractivity contribution in [1.29, 1.82) is 0 Å². The molecule has 10 nitrogen and oxygen atoms in total. The number of carbonyl (C=O) groups excluding carboxylic acids is 2. The van der Waals surface area contributed by atoms with Crippen molar-refractivity contribution in [2.24, 2.45) is 0 Å². The van der Waals surface area contributed by atoms with Gasteiger partial charge in [-0.15, -0.1) is 10.2 Å². The Balaban J connectivity index is 1.59. The number of anilines is 1. The average molecular weight is 648 g/mol. The van der Waals surface area contributed by atoms with Crippen molar-refractivity contribution in [2.75, 3.05) is 32.8 Å². The molecular formula is C33H33N3O7S2. The predicted octanol–water partition coefficient (Wildman–Crippen LogP) is 6.58. The van der Waals surface area contributed by atoms with Crippen LogP contribution in [0.4, 0.5) is 5.13 Å². The first-order chi connectivity index (χ1) is 21.8. The number of ether oxygens (including phenoxy) is 4. The topological polar surface area (TPSA) is 120 Å². The Hall–Kier alpha value is -4.55. The minimum atomic E-state index is -1.07. The van der Waals surface area contributed by atoms with E-state index in [-0.39, 0.29) is 16.5 Å². The zero-order valence-corrected chi connectivity index (χ0v) is 27.2. The number of carbonyl (C=O) groups is 2. The number of aromatic nitrogens is 2. The van der Waals surface area contributed by atoms with Gasteiger partial charge in [0, 0.05) is 11.3 Å². The number of hydrogen-bond acceptors (Lipinski definition) is 11. The van der Waals surface area contributed by atoms with Gasteiger partial charge < -0.3 is 24.1 Å². The zero-order chi connectivity index (χ0) is 32.1. The number of methoxy groups -OCH3 is 3. The van der Waals surface area contributed by atoms with Crippen LogP contribution in [0.2, 0.25) is 0 Å². The van der Waals surface area contributed by atoms with Crippen LogP contribution in [0.3, 0.4) is 0 Å². The molecule has 1 saturated heterocycles. The predicted molar refractivity (Wildman–Crippen MR) is 174 cm³/mol. The van der Waals surface area contributed by atoms with Crippen LogP contribution in [-0.2, 0) is 15.3 Å². The van der Waals surface area contributed by atoms with Crippen LogP contribution in [0.1, 0.15) is 41.6 Å². The van der Waals surface area contributed by atoms with Gasteiger partial charge in [0.1, 0.15) is 11.5 Å². The lowest BCUT2D eigenvalue weighted by molar-refractivity contribution is -0.132. The summed E-state index contributed by atoms with van der Waals surface area (Å²) in [5.41, 5.74) is 2.97. The summed E-state index contributed by atoms with van der Waals surface area (Å²) in [7, 11) is 4.43. The highest BCUT2D eigenvalue weighted by Gasteiger charge is 2.49. The first-order valence-electron chi connectivity index (χ1n) is 14.2. The number of aryl methyl sites for hydroxylation is 1. The summed E-state index contributed by atoms with van der Waals surface area (Å²) in [6.07, 6.45) is 0.845. The molecule has 0 aliphatic carbocycles. The Morgan fingerprint density at radius 2 is 1.62 bits per heavy atom. The fourth-order valence-corrected chi connectivity index (χ4v) is 6.70. The lowest BCUT2D eigenvalue weighted by Gasteiger charge is -2.24. The fourth-order valence-electron chi connectivity index (χ4n) is 4.88. The van der Waals surface area contributed by atoms with Crippen LogP contribution >= 0.6 is 23.1 Å². The van der Waals surface area contributed by atoms with Gasteiger partial charge in [0.15, 0.2) is 15.8 Å². The van der Waals surface area contributed by atoms with E-state index in [9.17, 15) is 14.7 Å². The van der Waals surface area contributed by atoms with Crippen molar-refractivity contribution in [3.63, 3.8) is 0 Å². The van der Waals surface area contributed by atoms with Gasteiger partial charge in [-0.3, -0.25) is 14.5 Å². The highest BCUT2D eigenvalue weighted by Crippen LogP contribution is 2.48. The number of amides is 1. The van der Waals surface area contributed by atoms with Gasteiger partial charge in [0.25, 0.3) is 5.78 Å². The maximum absolute atomic E-state index is 13.7. The SMILES string of the molecule is CCCOc1ccc(/C(O)=C2/C(=O)C(=O)N(c3nnc(SCc4ccc(C)cc4)s3)C2c2cc(OC)c(OC)c(OC)c2)cc1. The van der Waals surface area contributed by atoms with E-state index in [2.05, 4.69) is 22.3 Å².